The van der Waals surface area contributed by atoms with E-state index in [-0.39, 0.29) is 0 Å². The zero-order valence-electron chi connectivity index (χ0n) is 19.2. The Morgan fingerprint density at radius 1 is 0.630 bits per heavy atom. The van der Waals surface area contributed by atoms with Gasteiger partial charge in [0.1, 0.15) is 6.17 Å². The van der Waals surface area contributed by atoms with Gasteiger partial charge in [0, 0.05) is 25.0 Å². The van der Waals surface area contributed by atoms with Gasteiger partial charge in [-0.2, -0.15) is 0 Å². The fourth-order valence-electron chi connectivity index (χ4n) is 4.38. The molecule has 1 rings (SSSR count). The van der Waals surface area contributed by atoms with Gasteiger partial charge in [0.2, 0.25) is 0 Å². The van der Waals surface area contributed by atoms with E-state index in [4.69, 9.17) is 0 Å². The van der Waals surface area contributed by atoms with Crippen molar-refractivity contribution in [3.63, 3.8) is 0 Å². The van der Waals surface area contributed by atoms with Gasteiger partial charge in [-0.1, -0.05) is 96.8 Å². The molecule has 27 heavy (non-hydrogen) atoms. The minimum Gasteiger partial charge on any atom is -0.356 e. The van der Waals surface area contributed by atoms with Crippen LogP contribution in [0, 0.1) is 0 Å². The zero-order valence-corrected chi connectivity index (χ0v) is 19.2. The van der Waals surface area contributed by atoms with Crippen molar-refractivity contribution in [1.29, 1.82) is 0 Å². The monoisotopic (exact) mass is 378 g/mol. The van der Waals surface area contributed by atoms with Gasteiger partial charge in [-0.05, 0) is 33.6 Å². The van der Waals surface area contributed by atoms with Crippen molar-refractivity contribution in [3.05, 3.63) is 12.4 Å². The van der Waals surface area contributed by atoms with Gasteiger partial charge in [0.25, 0.3) is 0 Å². The van der Waals surface area contributed by atoms with E-state index >= 15 is 0 Å². The SMILES string of the molecule is CCCCCCCCCCCCCCCCCC1N(CC)C=CN1C(C)C. The lowest BCUT2D eigenvalue weighted by Crippen LogP contribution is -2.41. The summed E-state index contributed by atoms with van der Waals surface area (Å²) < 4.78 is 0. The van der Waals surface area contributed by atoms with Gasteiger partial charge in [-0.25, -0.2) is 0 Å². The molecule has 2 heteroatoms. The quantitative estimate of drug-likeness (QED) is 0.222. The second-order valence-corrected chi connectivity index (χ2v) is 8.89. The highest BCUT2D eigenvalue weighted by Crippen LogP contribution is 2.23. The van der Waals surface area contributed by atoms with Gasteiger partial charge in [0.15, 0.2) is 0 Å². The summed E-state index contributed by atoms with van der Waals surface area (Å²) in [6, 6.07) is 0.610. The Bertz CT molecular complexity index is 350. The fourth-order valence-corrected chi connectivity index (χ4v) is 4.38. The van der Waals surface area contributed by atoms with Crippen LogP contribution in [-0.4, -0.2) is 28.6 Å². The first-order chi connectivity index (χ1) is 13.2. The molecule has 2 nitrogen and oxygen atoms in total. The Morgan fingerprint density at radius 2 is 1.07 bits per heavy atom. The summed E-state index contributed by atoms with van der Waals surface area (Å²) >= 11 is 0. The van der Waals surface area contributed by atoms with E-state index < -0.39 is 0 Å². The molecule has 160 valence electrons. The lowest BCUT2D eigenvalue weighted by Gasteiger charge is -2.34. The first-order valence-corrected chi connectivity index (χ1v) is 12.4. The molecule has 0 amide bonds. The Hall–Kier alpha value is -0.660. The van der Waals surface area contributed by atoms with Crippen LogP contribution in [0.3, 0.4) is 0 Å². The molecule has 0 aromatic carbocycles. The first-order valence-electron chi connectivity index (χ1n) is 12.4. The standard InChI is InChI=1S/C25H50N2/c1-5-7-8-9-10-11-12-13-14-15-16-17-18-19-20-21-25-26(6-2)22-23-27(25)24(3)4/h22-25H,5-21H2,1-4H3. The van der Waals surface area contributed by atoms with Gasteiger partial charge >= 0.3 is 0 Å². The third-order valence-corrected chi connectivity index (χ3v) is 6.18. The van der Waals surface area contributed by atoms with Crippen LogP contribution < -0.4 is 0 Å². The van der Waals surface area contributed by atoms with Crippen LogP contribution in [0.4, 0.5) is 0 Å². The van der Waals surface area contributed by atoms with Crippen molar-refractivity contribution < 1.29 is 0 Å². The summed E-state index contributed by atoms with van der Waals surface area (Å²) in [5.41, 5.74) is 0. The van der Waals surface area contributed by atoms with Crippen molar-refractivity contribution in [2.45, 2.75) is 143 Å². The van der Waals surface area contributed by atoms with E-state index in [1.54, 1.807) is 0 Å². The molecule has 0 fully saturated rings. The average molecular weight is 379 g/mol. The number of hydrogen-bond donors (Lipinski definition) is 0. The largest absolute Gasteiger partial charge is 0.356 e. The normalized spacial score (nSPS) is 16.9. The minimum absolute atomic E-state index is 0.608. The van der Waals surface area contributed by atoms with Gasteiger partial charge in [0.05, 0.1) is 0 Å². The molecule has 1 heterocycles. The highest BCUT2D eigenvalue weighted by molar-refractivity contribution is 4.97. The number of hydrogen-bond acceptors (Lipinski definition) is 2. The predicted molar refractivity (Wildman–Crippen MR) is 122 cm³/mol. The lowest BCUT2D eigenvalue weighted by atomic mass is 10.0. The van der Waals surface area contributed by atoms with Crippen LogP contribution in [0.5, 0.6) is 0 Å². The molecule has 0 saturated carbocycles. The summed E-state index contributed by atoms with van der Waals surface area (Å²) in [7, 11) is 0. The molecule has 0 aromatic heterocycles. The van der Waals surface area contributed by atoms with Crippen molar-refractivity contribution in [3.8, 4) is 0 Å². The van der Waals surface area contributed by atoms with Crippen LogP contribution in [0.2, 0.25) is 0 Å². The number of rotatable bonds is 18. The summed E-state index contributed by atoms with van der Waals surface area (Å²) in [5, 5.41) is 0. The van der Waals surface area contributed by atoms with Crippen LogP contribution in [0.25, 0.3) is 0 Å². The minimum atomic E-state index is 0.608. The van der Waals surface area contributed by atoms with Crippen molar-refractivity contribution in [2.24, 2.45) is 0 Å². The Morgan fingerprint density at radius 3 is 1.48 bits per heavy atom. The number of unbranched alkanes of at least 4 members (excludes halogenated alkanes) is 14. The molecule has 0 radical (unpaired) electrons. The predicted octanol–water partition coefficient (Wildman–Crippen LogP) is 8.09. The molecule has 1 unspecified atom stereocenters. The smallest absolute Gasteiger partial charge is 0.101 e. The zero-order chi connectivity index (χ0) is 19.7. The molecule has 0 bridgehead atoms. The first kappa shape index (κ1) is 24.4. The van der Waals surface area contributed by atoms with E-state index in [0.717, 1.165) is 6.54 Å². The number of nitrogens with zero attached hydrogens (tertiary/aromatic N) is 2. The third kappa shape index (κ3) is 11.1. The molecule has 0 saturated heterocycles. The third-order valence-electron chi connectivity index (χ3n) is 6.18. The van der Waals surface area contributed by atoms with Gasteiger partial charge in [-0.3, -0.25) is 0 Å². The van der Waals surface area contributed by atoms with E-state index in [1.165, 1.54) is 103 Å². The van der Waals surface area contributed by atoms with Crippen molar-refractivity contribution in [2.75, 3.05) is 6.54 Å². The molecule has 0 aromatic rings. The van der Waals surface area contributed by atoms with Crippen molar-refractivity contribution in [1.82, 2.24) is 9.80 Å². The summed E-state index contributed by atoms with van der Waals surface area (Å²) in [4.78, 5) is 5.04. The second-order valence-electron chi connectivity index (χ2n) is 8.89. The summed E-state index contributed by atoms with van der Waals surface area (Å²) in [5.74, 6) is 0. The van der Waals surface area contributed by atoms with E-state index in [0.29, 0.717) is 12.2 Å². The highest BCUT2D eigenvalue weighted by Gasteiger charge is 2.26. The summed E-state index contributed by atoms with van der Waals surface area (Å²) in [6.45, 7) is 10.3. The summed E-state index contributed by atoms with van der Waals surface area (Å²) in [6.07, 6.45) is 28.2. The molecular weight excluding hydrogens is 328 g/mol. The lowest BCUT2D eigenvalue weighted by molar-refractivity contribution is 0.119. The van der Waals surface area contributed by atoms with Crippen LogP contribution in [-0.2, 0) is 0 Å². The maximum absolute atomic E-state index is 2.54. The van der Waals surface area contributed by atoms with Crippen LogP contribution >= 0.6 is 0 Å². The highest BCUT2D eigenvalue weighted by atomic mass is 15.4. The fraction of sp³-hybridized carbons (Fsp3) is 0.920. The molecule has 0 aliphatic carbocycles. The van der Waals surface area contributed by atoms with Crippen molar-refractivity contribution >= 4 is 0 Å². The average Bonchev–Trinajstić information content (AvgIpc) is 3.08. The topological polar surface area (TPSA) is 6.48 Å². The van der Waals surface area contributed by atoms with Gasteiger partial charge < -0.3 is 9.80 Å². The Labute approximate surface area is 171 Å². The molecule has 0 spiro atoms. The van der Waals surface area contributed by atoms with E-state index in [1.807, 2.05) is 0 Å². The molecule has 1 aliphatic rings. The molecule has 0 N–H and O–H groups in total. The van der Waals surface area contributed by atoms with E-state index in [9.17, 15) is 0 Å². The maximum Gasteiger partial charge on any atom is 0.101 e. The Kier molecular flexibility index (Phi) is 14.7. The second kappa shape index (κ2) is 16.3. The molecular formula is C25H50N2. The van der Waals surface area contributed by atoms with Gasteiger partial charge in [-0.15, -0.1) is 0 Å². The van der Waals surface area contributed by atoms with Crippen LogP contribution in [0.15, 0.2) is 12.4 Å². The van der Waals surface area contributed by atoms with E-state index in [2.05, 4.69) is 49.9 Å². The maximum atomic E-state index is 2.54. The molecule has 1 atom stereocenters. The molecule has 1 aliphatic heterocycles. The Balaban J connectivity index is 1.87. The van der Waals surface area contributed by atoms with Crippen LogP contribution in [0.1, 0.15) is 130 Å².